The SMILES string of the molecule is C/C(=N\OCCCc1cccc(/C(C)=N/O)n1)c1cccc(C)n1. The Bertz CT molecular complexity index is 741. The molecular weight excluding hydrogens is 304 g/mol. The molecule has 2 heterocycles. The highest BCUT2D eigenvalue weighted by Gasteiger charge is 2.03. The van der Waals surface area contributed by atoms with Gasteiger partial charge in [0.05, 0.1) is 11.4 Å². The summed E-state index contributed by atoms with van der Waals surface area (Å²) in [6.45, 7) is 6.04. The zero-order chi connectivity index (χ0) is 17.4. The van der Waals surface area contributed by atoms with Crippen LogP contribution in [0.3, 0.4) is 0 Å². The van der Waals surface area contributed by atoms with Gasteiger partial charge in [-0.25, -0.2) is 0 Å². The lowest BCUT2D eigenvalue weighted by Crippen LogP contribution is -2.03. The van der Waals surface area contributed by atoms with Gasteiger partial charge in [0, 0.05) is 11.4 Å². The summed E-state index contributed by atoms with van der Waals surface area (Å²) >= 11 is 0. The maximum atomic E-state index is 8.80. The first-order valence-electron chi connectivity index (χ1n) is 7.85. The summed E-state index contributed by atoms with van der Waals surface area (Å²) in [5, 5.41) is 16.1. The quantitative estimate of drug-likeness (QED) is 0.366. The average Bonchev–Trinajstić information content (AvgIpc) is 2.60. The van der Waals surface area contributed by atoms with Crippen LogP contribution in [0.4, 0.5) is 0 Å². The third kappa shape index (κ3) is 5.15. The molecule has 0 spiro atoms. The molecule has 0 bridgehead atoms. The standard InChI is InChI=1S/C18H22N4O2/c1-13-7-4-10-18(19-13)15(3)22-24-12-6-9-16-8-5-11-17(20-16)14(2)21-23/h4-5,7-8,10-11,23H,6,9,12H2,1-3H3/b21-14+,22-15+. The van der Waals surface area contributed by atoms with E-state index in [1.165, 1.54) is 0 Å². The molecule has 0 radical (unpaired) electrons. The number of hydrogen-bond donors (Lipinski definition) is 1. The van der Waals surface area contributed by atoms with Gasteiger partial charge in [0.1, 0.15) is 18.0 Å². The Morgan fingerprint density at radius 2 is 1.75 bits per heavy atom. The molecule has 0 unspecified atom stereocenters. The Morgan fingerprint density at radius 1 is 1.04 bits per heavy atom. The molecule has 0 aromatic carbocycles. The van der Waals surface area contributed by atoms with Crippen LogP contribution in [0, 0.1) is 6.92 Å². The molecule has 126 valence electrons. The largest absolute Gasteiger partial charge is 0.411 e. The predicted molar refractivity (Wildman–Crippen MR) is 93.7 cm³/mol. The summed E-state index contributed by atoms with van der Waals surface area (Å²) < 4.78 is 0. The predicted octanol–water partition coefficient (Wildman–Crippen LogP) is 3.36. The van der Waals surface area contributed by atoms with Gasteiger partial charge in [-0.3, -0.25) is 9.97 Å². The lowest BCUT2D eigenvalue weighted by atomic mass is 10.2. The van der Waals surface area contributed by atoms with Gasteiger partial charge in [0.2, 0.25) is 0 Å². The third-order valence-electron chi connectivity index (χ3n) is 3.46. The van der Waals surface area contributed by atoms with Gasteiger partial charge in [-0.15, -0.1) is 0 Å². The van der Waals surface area contributed by atoms with E-state index in [9.17, 15) is 0 Å². The van der Waals surface area contributed by atoms with Crippen LogP contribution >= 0.6 is 0 Å². The summed E-state index contributed by atoms with van der Waals surface area (Å²) in [6, 6.07) is 11.5. The van der Waals surface area contributed by atoms with Gasteiger partial charge in [-0.2, -0.15) is 0 Å². The minimum atomic E-state index is 0.499. The molecule has 0 fully saturated rings. The Morgan fingerprint density at radius 3 is 2.46 bits per heavy atom. The monoisotopic (exact) mass is 326 g/mol. The summed E-state index contributed by atoms with van der Waals surface area (Å²) in [4.78, 5) is 14.2. The number of hydrogen-bond acceptors (Lipinski definition) is 6. The number of oxime groups is 2. The fourth-order valence-electron chi connectivity index (χ4n) is 2.12. The average molecular weight is 326 g/mol. The molecule has 2 aromatic rings. The Labute approximate surface area is 141 Å². The Balaban J connectivity index is 1.82. The summed E-state index contributed by atoms with van der Waals surface area (Å²) in [5.41, 5.74) is 4.64. The molecule has 0 aliphatic rings. The van der Waals surface area contributed by atoms with Crippen molar-refractivity contribution in [3.8, 4) is 0 Å². The van der Waals surface area contributed by atoms with E-state index in [-0.39, 0.29) is 0 Å². The number of aromatic nitrogens is 2. The van der Waals surface area contributed by atoms with E-state index in [0.29, 0.717) is 18.0 Å². The zero-order valence-electron chi connectivity index (χ0n) is 14.2. The molecule has 0 amide bonds. The molecule has 24 heavy (non-hydrogen) atoms. The Kier molecular flexibility index (Phi) is 6.42. The fourth-order valence-corrected chi connectivity index (χ4v) is 2.12. The fraction of sp³-hybridized carbons (Fsp3) is 0.333. The molecule has 0 saturated heterocycles. The first-order valence-corrected chi connectivity index (χ1v) is 7.85. The maximum absolute atomic E-state index is 8.80. The van der Waals surface area contributed by atoms with Crippen molar-refractivity contribution in [2.24, 2.45) is 10.3 Å². The smallest absolute Gasteiger partial charge is 0.117 e. The van der Waals surface area contributed by atoms with Crippen LogP contribution in [0.5, 0.6) is 0 Å². The topological polar surface area (TPSA) is 80.0 Å². The van der Waals surface area contributed by atoms with Crippen LogP contribution in [0.15, 0.2) is 46.7 Å². The van der Waals surface area contributed by atoms with Crippen molar-refractivity contribution >= 4 is 11.4 Å². The summed E-state index contributed by atoms with van der Waals surface area (Å²) in [6.07, 6.45) is 1.56. The molecular formula is C18H22N4O2. The van der Waals surface area contributed by atoms with E-state index in [1.54, 1.807) is 6.92 Å². The van der Waals surface area contributed by atoms with Gasteiger partial charge < -0.3 is 10.0 Å². The van der Waals surface area contributed by atoms with Crippen LogP contribution in [0.25, 0.3) is 0 Å². The van der Waals surface area contributed by atoms with E-state index in [2.05, 4.69) is 20.3 Å². The first kappa shape index (κ1) is 17.6. The van der Waals surface area contributed by atoms with E-state index in [1.807, 2.05) is 50.2 Å². The van der Waals surface area contributed by atoms with Crippen molar-refractivity contribution in [2.45, 2.75) is 33.6 Å². The zero-order valence-corrected chi connectivity index (χ0v) is 14.2. The number of pyridine rings is 2. The van der Waals surface area contributed by atoms with Crippen molar-refractivity contribution in [3.05, 3.63) is 59.2 Å². The van der Waals surface area contributed by atoms with Gasteiger partial charge >= 0.3 is 0 Å². The van der Waals surface area contributed by atoms with Crippen LogP contribution in [-0.4, -0.2) is 33.2 Å². The molecule has 2 aromatic heterocycles. The summed E-state index contributed by atoms with van der Waals surface area (Å²) in [5.74, 6) is 0. The number of rotatable bonds is 7. The molecule has 0 atom stereocenters. The van der Waals surface area contributed by atoms with E-state index in [0.717, 1.165) is 35.6 Å². The highest BCUT2D eigenvalue weighted by atomic mass is 16.6. The third-order valence-corrected chi connectivity index (χ3v) is 3.46. The van der Waals surface area contributed by atoms with Crippen molar-refractivity contribution in [1.82, 2.24) is 9.97 Å². The highest BCUT2D eigenvalue weighted by Crippen LogP contribution is 2.05. The van der Waals surface area contributed by atoms with E-state index >= 15 is 0 Å². The highest BCUT2D eigenvalue weighted by molar-refractivity contribution is 5.96. The molecule has 0 saturated carbocycles. The number of nitrogens with zero attached hydrogens (tertiary/aromatic N) is 4. The minimum absolute atomic E-state index is 0.499. The lowest BCUT2D eigenvalue weighted by molar-refractivity contribution is 0.141. The Hall–Kier alpha value is -2.76. The van der Waals surface area contributed by atoms with Crippen molar-refractivity contribution < 1.29 is 10.0 Å². The second-order valence-corrected chi connectivity index (χ2v) is 5.48. The molecule has 2 rings (SSSR count). The van der Waals surface area contributed by atoms with Gasteiger partial charge in [-0.1, -0.05) is 22.4 Å². The molecule has 6 heteroatoms. The lowest BCUT2D eigenvalue weighted by Gasteiger charge is -2.04. The first-order chi connectivity index (χ1) is 11.6. The second kappa shape index (κ2) is 8.76. The van der Waals surface area contributed by atoms with Crippen LogP contribution < -0.4 is 0 Å². The molecule has 0 aliphatic carbocycles. The van der Waals surface area contributed by atoms with Crippen molar-refractivity contribution in [1.29, 1.82) is 0 Å². The molecule has 6 nitrogen and oxygen atoms in total. The van der Waals surface area contributed by atoms with Crippen molar-refractivity contribution in [3.63, 3.8) is 0 Å². The number of aryl methyl sites for hydroxylation is 2. The van der Waals surface area contributed by atoms with Gasteiger partial charge in [0.25, 0.3) is 0 Å². The second-order valence-electron chi connectivity index (χ2n) is 5.48. The molecule has 1 N–H and O–H groups in total. The van der Waals surface area contributed by atoms with E-state index in [4.69, 9.17) is 10.0 Å². The van der Waals surface area contributed by atoms with Crippen LogP contribution in [-0.2, 0) is 11.3 Å². The summed E-state index contributed by atoms with van der Waals surface area (Å²) in [7, 11) is 0. The van der Waals surface area contributed by atoms with Crippen molar-refractivity contribution in [2.75, 3.05) is 6.61 Å². The minimum Gasteiger partial charge on any atom is -0.411 e. The van der Waals surface area contributed by atoms with Crippen LogP contribution in [0.2, 0.25) is 0 Å². The van der Waals surface area contributed by atoms with Gasteiger partial charge in [-0.05, 0) is 57.9 Å². The van der Waals surface area contributed by atoms with Gasteiger partial charge in [0.15, 0.2) is 0 Å². The normalized spacial score (nSPS) is 12.3. The maximum Gasteiger partial charge on any atom is 0.117 e. The molecule has 0 aliphatic heterocycles. The van der Waals surface area contributed by atoms with Crippen LogP contribution in [0.1, 0.15) is 43.0 Å². The van der Waals surface area contributed by atoms with E-state index < -0.39 is 0 Å².